The summed E-state index contributed by atoms with van der Waals surface area (Å²) in [6.45, 7) is 3.00. The fraction of sp³-hybridized carbons (Fsp3) is 0.400. The van der Waals surface area contributed by atoms with Gasteiger partial charge in [-0.3, -0.25) is 4.79 Å². The summed E-state index contributed by atoms with van der Waals surface area (Å²) < 4.78 is 2.07. The summed E-state index contributed by atoms with van der Waals surface area (Å²) in [6.07, 6.45) is 3.22. The van der Waals surface area contributed by atoms with Gasteiger partial charge in [0.05, 0.1) is 5.69 Å². The number of nitrogen functional groups attached to an aromatic ring is 1. The van der Waals surface area contributed by atoms with Gasteiger partial charge in [-0.2, -0.15) is 0 Å². The maximum atomic E-state index is 12.7. The van der Waals surface area contributed by atoms with Crippen LogP contribution in [0, 0.1) is 0 Å². The number of benzene rings is 1. The zero-order valence-corrected chi connectivity index (χ0v) is 13.8. The quantitative estimate of drug-likeness (QED) is 0.877. The standard InChI is InChI=1S/C15H17BrN2OS/c1-2-10-4-3-7-18(10)15(19)14-13(17)11-6-5-9(16)8-12(11)20-14/h5-6,8,10H,2-4,7,17H2,1H3. The van der Waals surface area contributed by atoms with Gasteiger partial charge in [-0.15, -0.1) is 11.3 Å². The van der Waals surface area contributed by atoms with Gasteiger partial charge in [-0.1, -0.05) is 28.9 Å². The summed E-state index contributed by atoms with van der Waals surface area (Å²) in [7, 11) is 0. The second-order valence-corrected chi connectivity index (χ2v) is 7.16. The van der Waals surface area contributed by atoms with Crippen molar-refractivity contribution in [2.24, 2.45) is 0 Å². The van der Waals surface area contributed by atoms with E-state index < -0.39 is 0 Å². The molecule has 5 heteroatoms. The predicted octanol–water partition coefficient (Wildman–Crippen LogP) is 4.26. The highest BCUT2D eigenvalue weighted by atomic mass is 79.9. The van der Waals surface area contributed by atoms with Crippen LogP contribution in [0.1, 0.15) is 35.9 Å². The minimum absolute atomic E-state index is 0.101. The first-order valence-electron chi connectivity index (χ1n) is 6.90. The maximum Gasteiger partial charge on any atom is 0.266 e. The van der Waals surface area contributed by atoms with Crippen molar-refractivity contribution in [3.8, 4) is 0 Å². The van der Waals surface area contributed by atoms with E-state index in [9.17, 15) is 4.79 Å². The minimum Gasteiger partial charge on any atom is -0.397 e. The lowest BCUT2D eigenvalue weighted by Crippen LogP contribution is -2.34. The molecule has 2 heterocycles. The molecule has 1 aromatic heterocycles. The number of nitrogens with zero attached hydrogens (tertiary/aromatic N) is 1. The average Bonchev–Trinajstić information content (AvgIpc) is 3.02. The molecule has 1 fully saturated rings. The van der Waals surface area contributed by atoms with Crippen LogP contribution in [-0.2, 0) is 0 Å². The van der Waals surface area contributed by atoms with E-state index in [4.69, 9.17) is 5.73 Å². The fourth-order valence-corrected chi connectivity index (χ4v) is 4.54. The van der Waals surface area contributed by atoms with Crippen molar-refractivity contribution in [2.75, 3.05) is 12.3 Å². The van der Waals surface area contributed by atoms with E-state index in [-0.39, 0.29) is 5.91 Å². The third kappa shape index (κ3) is 2.23. The van der Waals surface area contributed by atoms with E-state index in [1.807, 2.05) is 23.1 Å². The Bertz CT molecular complexity index is 667. The highest BCUT2D eigenvalue weighted by Gasteiger charge is 2.30. The average molecular weight is 353 g/mol. The number of nitrogens with two attached hydrogens (primary N) is 1. The molecule has 20 heavy (non-hydrogen) atoms. The Morgan fingerprint density at radius 3 is 3.10 bits per heavy atom. The fourth-order valence-electron chi connectivity index (χ4n) is 2.91. The van der Waals surface area contributed by atoms with E-state index in [1.165, 1.54) is 11.3 Å². The zero-order valence-electron chi connectivity index (χ0n) is 11.4. The summed E-state index contributed by atoms with van der Waals surface area (Å²) >= 11 is 4.96. The molecule has 106 valence electrons. The first-order valence-corrected chi connectivity index (χ1v) is 8.51. The summed E-state index contributed by atoms with van der Waals surface area (Å²) in [5.74, 6) is 0.101. The van der Waals surface area contributed by atoms with Crippen molar-refractivity contribution in [2.45, 2.75) is 32.2 Å². The first kappa shape index (κ1) is 13.9. The van der Waals surface area contributed by atoms with Crippen LogP contribution in [0.15, 0.2) is 22.7 Å². The van der Waals surface area contributed by atoms with Gasteiger partial charge in [0.15, 0.2) is 0 Å². The Morgan fingerprint density at radius 2 is 2.35 bits per heavy atom. The van der Waals surface area contributed by atoms with Crippen molar-refractivity contribution in [1.29, 1.82) is 0 Å². The van der Waals surface area contributed by atoms with Crippen molar-refractivity contribution >= 4 is 48.9 Å². The van der Waals surface area contributed by atoms with Crippen molar-refractivity contribution in [1.82, 2.24) is 4.90 Å². The third-order valence-electron chi connectivity index (χ3n) is 3.99. The van der Waals surface area contributed by atoms with Crippen LogP contribution in [0.2, 0.25) is 0 Å². The van der Waals surface area contributed by atoms with Gasteiger partial charge in [0, 0.05) is 27.1 Å². The highest BCUT2D eigenvalue weighted by Crippen LogP contribution is 2.37. The Hall–Kier alpha value is -1.07. The molecule has 0 radical (unpaired) electrons. The molecule has 3 rings (SSSR count). The Morgan fingerprint density at radius 1 is 1.55 bits per heavy atom. The Labute approximate surface area is 130 Å². The van der Waals surface area contributed by atoms with Crippen molar-refractivity contribution < 1.29 is 4.79 Å². The minimum atomic E-state index is 0.101. The van der Waals surface area contributed by atoms with E-state index >= 15 is 0 Å². The maximum absolute atomic E-state index is 12.7. The van der Waals surface area contributed by atoms with Crippen LogP contribution in [0.5, 0.6) is 0 Å². The molecular weight excluding hydrogens is 336 g/mol. The largest absolute Gasteiger partial charge is 0.397 e. The van der Waals surface area contributed by atoms with Crippen molar-refractivity contribution in [3.63, 3.8) is 0 Å². The number of hydrogen-bond donors (Lipinski definition) is 1. The smallest absolute Gasteiger partial charge is 0.266 e. The van der Waals surface area contributed by atoms with E-state index in [1.54, 1.807) is 0 Å². The number of hydrogen-bond acceptors (Lipinski definition) is 3. The van der Waals surface area contributed by atoms with Gasteiger partial charge in [0.2, 0.25) is 0 Å². The molecule has 1 unspecified atom stereocenters. The van der Waals surface area contributed by atoms with Crippen LogP contribution in [0.25, 0.3) is 10.1 Å². The molecule has 1 aliphatic rings. The summed E-state index contributed by atoms with van der Waals surface area (Å²) in [5.41, 5.74) is 6.82. The molecule has 3 nitrogen and oxygen atoms in total. The SMILES string of the molecule is CCC1CCCN1C(=O)c1sc2cc(Br)ccc2c1N. The molecule has 1 aromatic carbocycles. The van der Waals surface area contributed by atoms with E-state index in [0.29, 0.717) is 16.6 Å². The molecule has 2 N–H and O–H groups in total. The molecule has 1 saturated heterocycles. The van der Waals surface area contributed by atoms with Gasteiger partial charge in [0.25, 0.3) is 5.91 Å². The van der Waals surface area contributed by atoms with Crippen LogP contribution in [-0.4, -0.2) is 23.4 Å². The Balaban J connectivity index is 2.01. The number of rotatable bonds is 2. The molecule has 0 bridgehead atoms. The lowest BCUT2D eigenvalue weighted by atomic mass is 10.1. The van der Waals surface area contributed by atoms with Gasteiger partial charge in [-0.05, 0) is 31.4 Å². The van der Waals surface area contributed by atoms with Crippen LogP contribution < -0.4 is 5.73 Å². The van der Waals surface area contributed by atoms with E-state index in [2.05, 4.69) is 22.9 Å². The zero-order chi connectivity index (χ0) is 14.3. The molecule has 0 saturated carbocycles. The number of likely N-dealkylation sites (tertiary alicyclic amines) is 1. The molecule has 0 spiro atoms. The number of halogens is 1. The lowest BCUT2D eigenvalue weighted by molar-refractivity contribution is 0.0739. The molecule has 1 aliphatic heterocycles. The predicted molar refractivity (Wildman–Crippen MR) is 88.3 cm³/mol. The van der Waals surface area contributed by atoms with Crippen LogP contribution >= 0.6 is 27.3 Å². The number of thiophene rings is 1. The molecule has 2 aromatic rings. The molecule has 1 amide bonds. The number of fused-ring (bicyclic) bond motifs is 1. The lowest BCUT2D eigenvalue weighted by Gasteiger charge is -2.23. The Kier molecular flexibility index (Phi) is 3.73. The third-order valence-corrected chi connectivity index (χ3v) is 5.64. The van der Waals surface area contributed by atoms with E-state index in [0.717, 1.165) is 40.4 Å². The first-order chi connectivity index (χ1) is 9.61. The second kappa shape index (κ2) is 5.37. The van der Waals surface area contributed by atoms with Gasteiger partial charge in [-0.25, -0.2) is 0 Å². The number of amides is 1. The van der Waals surface area contributed by atoms with Gasteiger partial charge < -0.3 is 10.6 Å². The number of carbonyl (C=O) groups is 1. The highest BCUT2D eigenvalue weighted by molar-refractivity contribution is 9.10. The molecule has 1 atom stereocenters. The van der Waals surface area contributed by atoms with Crippen molar-refractivity contribution in [3.05, 3.63) is 27.5 Å². The van der Waals surface area contributed by atoms with Crippen LogP contribution in [0.3, 0.4) is 0 Å². The summed E-state index contributed by atoms with van der Waals surface area (Å²) in [4.78, 5) is 15.4. The summed E-state index contributed by atoms with van der Waals surface area (Å²) in [5, 5.41) is 0.980. The normalized spacial score (nSPS) is 18.9. The number of anilines is 1. The number of carbonyl (C=O) groups excluding carboxylic acids is 1. The monoisotopic (exact) mass is 352 g/mol. The van der Waals surface area contributed by atoms with Gasteiger partial charge >= 0.3 is 0 Å². The second-order valence-electron chi connectivity index (χ2n) is 5.19. The summed E-state index contributed by atoms with van der Waals surface area (Å²) in [6, 6.07) is 6.33. The topological polar surface area (TPSA) is 46.3 Å². The van der Waals surface area contributed by atoms with Crippen LogP contribution in [0.4, 0.5) is 5.69 Å². The molecule has 0 aliphatic carbocycles. The van der Waals surface area contributed by atoms with Gasteiger partial charge in [0.1, 0.15) is 4.88 Å². The molecular formula is C15H17BrN2OS.